The lowest BCUT2D eigenvalue weighted by Crippen LogP contribution is -2.26. The van der Waals surface area contributed by atoms with E-state index in [1.165, 1.54) is 0 Å². The Morgan fingerprint density at radius 3 is 3.20 bits per heavy atom. The molecule has 0 aromatic rings. The van der Waals surface area contributed by atoms with Crippen molar-refractivity contribution in [2.45, 2.75) is 0 Å². The second-order valence-electron chi connectivity index (χ2n) is 1.96. The van der Waals surface area contributed by atoms with Crippen LogP contribution in [0.4, 0.5) is 0 Å². The summed E-state index contributed by atoms with van der Waals surface area (Å²) >= 11 is 5.58. The van der Waals surface area contributed by atoms with Crippen LogP contribution in [0.15, 0.2) is 16.2 Å². The third-order valence-electron chi connectivity index (χ3n) is 1.13. The maximum atomic E-state index is 5.58. The van der Waals surface area contributed by atoms with Crippen molar-refractivity contribution in [3.05, 3.63) is 11.2 Å². The summed E-state index contributed by atoms with van der Waals surface area (Å²) in [5, 5.41) is 0.548. The predicted molar refractivity (Wildman–Crippen MR) is 41.0 cm³/mol. The molecule has 1 heterocycles. The van der Waals surface area contributed by atoms with Crippen molar-refractivity contribution < 1.29 is 4.74 Å². The molecular weight excluding hydrogens is 152 g/mol. The van der Waals surface area contributed by atoms with E-state index in [-0.39, 0.29) is 0 Å². The predicted octanol–water partition coefficient (Wildman–Crippen LogP) is 1.01. The molecule has 3 nitrogen and oxygen atoms in total. The summed E-state index contributed by atoms with van der Waals surface area (Å²) in [6, 6.07) is 0. The molecular formula is C6H9ClN2O. The molecule has 1 aliphatic heterocycles. The fraction of sp³-hybridized carbons (Fsp3) is 0.500. The normalized spacial score (nSPS) is 17.4. The average Bonchev–Trinajstić information content (AvgIpc) is 1.95. The van der Waals surface area contributed by atoms with E-state index in [4.69, 9.17) is 16.3 Å². The number of rotatable bonds is 2. The Bertz CT molecular complexity index is 167. The first-order valence-corrected chi connectivity index (χ1v) is 3.33. The van der Waals surface area contributed by atoms with Gasteiger partial charge in [0.1, 0.15) is 11.9 Å². The fourth-order valence-electron chi connectivity index (χ4n) is 0.681. The van der Waals surface area contributed by atoms with E-state index in [9.17, 15) is 0 Å². The van der Waals surface area contributed by atoms with Gasteiger partial charge in [-0.15, -0.1) is 0 Å². The number of methoxy groups -OCH3 is 1. The van der Waals surface area contributed by atoms with Crippen molar-refractivity contribution in [2.24, 2.45) is 4.99 Å². The molecule has 10 heavy (non-hydrogen) atoms. The zero-order valence-electron chi connectivity index (χ0n) is 5.75. The summed E-state index contributed by atoms with van der Waals surface area (Å²) in [6.45, 7) is 1.33. The van der Waals surface area contributed by atoms with Gasteiger partial charge in [-0.05, 0) is 6.08 Å². The highest BCUT2D eigenvalue weighted by molar-refractivity contribution is 6.29. The molecule has 0 amide bonds. The van der Waals surface area contributed by atoms with Crippen LogP contribution >= 0.6 is 11.6 Å². The van der Waals surface area contributed by atoms with E-state index >= 15 is 0 Å². The molecule has 56 valence electrons. The molecule has 0 N–H and O–H groups in total. The van der Waals surface area contributed by atoms with Crippen LogP contribution in [-0.4, -0.2) is 31.6 Å². The molecule has 0 radical (unpaired) electrons. The van der Waals surface area contributed by atoms with Crippen LogP contribution in [0.2, 0.25) is 0 Å². The first-order chi connectivity index (χ1) is 4.83. The van der Waals surface area contributed by atoms with Gasteiger partial charge in [-0.3, -0.25) is 0 Å². The van der Waals surface area contributed by atoms with Gasteiger partial charge in [0.05, 0.1) is 6.34 Å². The molecule has 0 aliphatic carbocycles. The van der Waals surface area contributed by atoms with E-state index in [1.807, 2.05) is 11.0 Å². The van der Waals surface area contributed by atoms with Crippen molar-refractivity contribution in [1.82, 2.24) is 4.90 Å². The number of hydrogen-bond donors (Lipinski definition) is 0. The highest BCUT2D eigenvalue weighted by atomic mass is 35.5. The number of nitrogens with zero attached hydrogens (tertiary/aromatic N) is 2. The minimum atomic E-state index is 0.548. The van der Waals surface area contributed by atoms with Crippen molar-refractivity contribution in [2.75, 3.05) is 20.4 Å². The Morgan fingerprint density at radius 1 is 1.90 bits per heavy atom. The quantitative estimate of drug-likeness (QED) is 0.564. The van der Waals surface area contributed by atoms with E-state index in [2.05, 4.69) is 4.99 Å². The van der Waals surface area contributed by atoms with Gasteiger partial charge in [0, 0.05) is 13.7 Å². The summed E-state index contributed by atoms with van der Waals surface area (Å²) in [7, 11) is 1.65. The molecule has 0 spiro atoms. The molecule has 0 saturated heterocycles. The molecule has 0 bridgehead atoms. The monoisotopic (exact) mass is 160 g/mol. The Morgan fingerprint density at radius 2 is 2.70 bits per heavy atom. The second-order valence-corrected chi connectivity index (χ2v) is 2.35. The minimum absolute atomic E-state index is 0.548. The van der Waals surface area contributed by atoms with E-state index in [0.29, 0.717) is 11.9 Å². The van der Waals surface area contributed by atoms with Gasteiger partial charge in [0.25, 0.3) is 0 Å². The Balaban J connectivity index is 2.37. The first kappa shape index (κ1) is 7.57. The molecule has 4 heteroatoms. The molecule has 0 aromatic carbocycles. The number of hydrogen-bond acceptors (Lipinski definition) is 3. The Hall–Kier alpha value is -0.540. The molecule has 0 fully saturated rings. The molecule has 0 aromatic heterocycles. The summed E-state index contributed by atoms with van der Waals surface area (Å²) in [5.41, 5.74) is 0. The zero-order valence-corrected chi connectivity index (χ0v) is 6.51. The molecule has 0 atom stereocenters. The lowest BCUT2D eigenvalue weighted by atomic mass is 10.5. The minimum Gasteiger partial charge on any atom is -0.364 e. The third kappa shape index (κ3) is 2.01. The second kappa shape index (κ2) is 3.58. The largest absolute Gasteiger partial charge is 0.364 e. The smallest absolute Gasteiger partial charge is 0.128 e. The van der Waals surface area contributed by atoms with E-state index in [0.717, 1.165) is 6.54 Å². The topological polar surface area (TPSA) is 24.8 Å². The maximum absolute atomic E-state index is 5.58. The summed E-state index contributed by atoms with van der Waals surface area (Å²) < 4.78 is 4.88. The van der Waals surface area contributed by atoms with Crippen LogP contribution in [0.3, 0.4) is 0 Å². The van der Waals surface area contributed by atoms with Crippen molar-refractivity contribution in [1.29, 1.82) is 0 Å². The third-order valence-corrected chi connectivity index (χ3v) is 1.39. The number of halogens is 1. The SMILES string of the molecule is COCN1C=NC(Cl)=CC1. The fourth-order valence-corrected chi connectivity index (χ4v) is 0.794. The van der Waals surface area contributed by atoms with Gasteiger partial charge in [0.2, 0.25) is 0 Å². The number of aliphatic imine (C=N–C) groups is 1. The van der Waals surface area contributed by atoms with Gasteiger partial charge in [-0.1, -0.05) is 11.6 Å². The van der Waals surface area contributed by atoms with Gasteiger partial charge in [0.15, 0.2) is 0 Å². The lowest BCUT2D eigenvalue weighted by Gasteiger charge is -2.18. The Labute approximate surface area is 64.9 Å². The summed E-state index contributed by atoms with van der Waals surface area (Å²) in [5.74, 6) is 0. The zero-order chi connectivity index (χ0) is 7.40. The standard InChI is InChI=1S/C6H9ClN2O/c1-10-5-9-3-2-6(7)8-4-9/h2,4H,3,5H2,1H3. The number of ether oxygens (including phenoxy) is 1. The molecule has 0 unspecified atom stereocenters. The van der Waals surface area contributed by atoms with Gasteiger partial charge in [-0.25, -0.2) is 4.99 Å². The van der Waals surface area contributed by atoms with Gasteiger partial charge in [-0.2, -0.15) is 0 Å². The molecule has 0 saturated carbocycles. The Kier molecular flexibility index (Phi) is 2.71. The van der Waals surface area contributed by atoms with Crippen LogP contribution in [0.5, 0.6) is 0 Å². The van der Waals surface area contributed by atoms with Crippen LogP contribution < -0.4 is 0 Å². The maximum Gasteiger partial charge on any atom is 0.128 e. The molecule has 1 rings (SSSR count). The van der Waals surface area contributed by atoms with Crippen LogP contribution in [0.1, 0.15) is 0 Å². The summed E-state index contributed by atoms with van der Waals surface area (Å²) in [6.07, 6.45) is 3.51. The van der Waals surface area contributed by atoms with Crippen molar-refractivity contribution in [3.8, 4) is 0 Å². The average molecular weight is 161 g/mol. The molecule has 1 aliphatic rings. The highest BCUT2D eigenvalue weighted by Crippen LogP contribution is 2.06. The van der Waals surface area contributed by atoms with Crippen LogP contribution in [0, 0.1) is 0 Å². The first-order valence-electron chi connectivity index (χ1n) is 2.96. The van der Waals surface area contributed by atoms with Gasteiger partial charge >= 0.3 is 0 Å². The van der Waals surface area contributed by atoms with Crippen molar-refractivity contribution >= 4 is 17.9 Å². The highest BCUT2D eigenvalue weighted by Gasteiger charge is 2.01. The van der Waals surface area contributed by atoms with Crippen molar-refractivity contribution in [3.63, 3.8) is 0 Å². The van der Waals surface area contributed by atoms with E-state index < -0.39 is 0 Å². The van der Waals surface area contributed by atoms with Gasteiger partial charge < -0.3 is 9.64 Å². The van der Waals surface area contributed by atoms with E-state index in [1.54, 1.807) is 13.4 Å². The summed E-state index contributed by atoms with van der Waals surface area (Å²) in [4.78, 5) is 5.79. The lowest BCUT2D eigenvalue weighted by molar-refractivity contribution is 0.118. The van der Waals surface area contributed by atoms with Crippen LogP contribution in [-0.2, 0) is 4.74 Å². The van der Waals surface area contributed by atoms with Crippen LogP contribution in [0.25, 0.3) is 0 Å².